The Bertz CT molecular complexity index is 146. The third-order valence-corrected chi connectivity index (χ3v) is 3.95. The van der Waals surface area contributed by atoms with Gasteiger partial charge in [0.1, 0.15) is 0 Å². The van der Waals surface area contributed by atoms with Crippen molar-refractivity contribution in [1.29, 1.82) is 0 Å². The van der Waals surface area contributed by atoms with Gasteiger partial charge in [0.25, 0.3) is 0 Å². The molecule has 0 aliphatic heterocycles. The second-order valence-electron chi connectivity index (χ2n) is 4.07. The maximum Gasteiger partial charge on any atom is 0.0604 e. The molecule has 0 aromatic heterocycles. The van der Waals surface area contributed by atoms with Crippen LogP contribution in [0.3, 0.4) is 0 Å². The summed E-state index contributed by atoms with van der Waals surface area (Å²) in [5.74, 6) is 4.22. The van der Waals surface area contributed by atoms with Crippen LogP contribution < -0.4 is 0 Å². The van der Waals surface area contributed by atoms with Crippen LogP contribution >= 0.6 is 0 Å². The van der Waals surface area contributed by atoms with Crippen molar-refractivity contribution >= 4 is 0 Å². The van der Waals surface area contributed by atoms with Crippen LogP contribution in [-0.2, 0) is 0 Å². The number of hydrogen-bond donors (Lipinski definition) is 1. The summed E-state index contributed by atoms with van der Waals surface area (Å²) >= 11 is 0. The Morgan fingerprint density at radius 2 is 2.00 bits per heavy atom. The van der Waals surface area contributed by atoms with E-state index in [-0.39, 0.29) is 6.10 Å². The molecule has 0 saturated heterocycles. The summed E-state index contributed by atoms with van der Waals surface area (Å²) in [7, 11) is 0. The van der Waals surface area contributed by atoms with Crippen LogP contribution in [0.15, 0.2) is 0 Å². The van der Waals surface area contributed by atoms with E-state index in [1.54, 1.807) is 0 Å². The van der Waals surface area contributed by atoms with E-state index < -0.39 is 0 Å². The molecular weight excluding hydrogens is 112 g/mol. The van der Waals surface area contributed by atoms with Gasteiger partial charge in [-0.3, -0.25) is 0 Å². The molecule has 2 unspecified atom stereocenters. The lowest BCUT2D eigenvalue weighted by atomic mass is 10.00. The largest absolute Gasteiger partial charge is 0.393 e. The van der Waals surface area contributed by atoms with Gasteiger partial charge < -0.3 is 5.11 Å². The molecule has 9 heavy (non-hydrogen) atoms. The molecule has 4 bridgehead atoms. The summed E-state index contributed by atoms with van der Waals surface area (Å²) in [6.45, 7) is 2.31. The van der Waals surface area contributed by atoms with Gasteiger partial charge >= 0.3 is 0 Å². The molecule has 4 saturated carbocycles. The zero-order valence-corrected chi connectivity index (χ0v) is 5.62. The Labute approximate surface area is 55.1 Å². The van der Waals surface area contributed by atoms with Gasteiger partial charge in [0.2, 0.25) is 0 Å². The van der Waals surface area contributed by atoms with Crippen molar-refractivity contribution in [3.8, 4) is 0 Å². The van der Waals surface area contributed by atoms with E-state index in [1.807, 2.05) is 0 Å². The number of aliphatic hydroxyl groups is 1. The average Bonchev–Trinajstić information content (AvgIpc) is 2.18. The molecular formula is C8H12O. The Hall–Kier alpha value is -0.0400. The zero-order valence-electron chi connectivity index (χ0n) is 5.62. The van der Waals surface area contributed by atoms with Gasteiger partial charge in [-0.05, 0) is 36.0 Å². The van der Waals surface area contributed by atoms with Crippen LogP contribution in [0.25, 0.3) is 0 Å². The van der Waals surface area contributed by atoms with Crippen molar-refractivity contribution in [2.45, 2.75) is 19.4 Å². The molecule has 0 amide bonds. The first-order valence-electron chi connectivity index (χ1n) is 3.99. The summed E-state index contributed by atoms with van der Waals surface area (Å²) in [5.41, 5.74) is 0. The standard InChI is InChI=1S/C8H12O/c1-3-4-2-5-6(3)7(5)8(4)9/h3-9H,2H2,1H3/t3-,4-,5-,6?,7?,8-/m0/s1. The quantitative estimate of drug-likeness (QED) is 0.508. The van der Waals surface area contributed by atoms with Crippen LogP contribution in [0, 0.1) is 29.6 Å². The molecule has 1 N–H and O–H groups in total. The van der Waals surface area contributed by atoms with Gasteiger partial charge in [0.15, 0.2) is 0 Å². The molecule has 1 heteroatoms. The smallest absolute Gasteiger partial charge is 0.0604 e. The van der Waals surface area contributed by atoms with Crippen molar-refractivity contribution < 1.29 is 5.11 Å². The van der Waals surface area contributed by atoms with Crippen molar-refractivity contribution in [1.82, 2.24) is 0 Å². The molecule has 1 nitrogen and oxygen atoms in total. The fourth-order valence-corrected chi connectivity index (χ4v) is 3.51. The average molecular weight is 124 g/mol. The van der Waals surface area contributed by atoms with E-state index in [4.69, 9.17) is 0 Å². The summed E-state index contributed by atoms with van der Waals surface area (Å²) in [4.78, 5) is 0. The minimum Gasteiger partial charge on any atom is -0.393 e. The van der Waals surface area contributed by atoms with Crippen molar-refractivity contribution in [3.05, 3.63) is 0 Å². The Morgan fingerprint density at radius 1 is 1.22 bits per heavy atom. The topological polar surface area (TPSA) is 20.2 Å². The van der Waals surface area contributed by atoms with Crippen LogP contribution in [0.1, 0.15) is 13.3 Å². The highest BCUT2D eigenvalue weighted by atomic mass is 16.3. The first-order chi connectivity index (χ1) is 4.30. The first-order valence-corrected chi connectivity index (χ1v) is 3.99. The summed E-state index contributed by atoms with van der Waals surface area (Å²) in [5, 5.41) is 9.52. The van der Waals surface area contributed by atoms with Crippen LogP contribution in [0.5, 0.6) is 0 Å². The minimum absolute atomic E-state index is 0.106. The zero-order chi connectivity index (χ0) is 6.17. The maximum atomic E-state index is 9.52. The third-order valence-electron chi connectivity index (χ3n) is 3.95. The van der Waals surface area contributed by atoms with Crippen molar-refractivity contribution in [2.24, 2.45) is 29.6 Å². The molecule has 6 atom stereocenters. The van der Waals surface area contributed by atoms with E-state index in [0.717, 1.165) is 23.7 Å². The van der Waals surface area contributed by atoms with Crippen LogP contribution in [-0.4, -0.2) is 11.2 Å². The van der Waals surface area contributed by atoms with E-state index in [9.17, 15) is 5.11 Å². The van der Waals surface area contributed by atoms with Gasteiger partial charge in [-0.15, -0.1) is 0 Å². The SMILES string of the molecule is C[C@@H]1C2C3[C@H]2C[C@@H]1[C@@H]3O. The fraction of sp³-hybridized carbons (Fsp3) is 1.00. The number of aliphatic hydroxyl groups excluding tert-OH is 1. The lowest BCUT2D eigenvalue weighted by Gasteiger charge is -2.10. The molecule has 0 heterocycles. The highest BCUT2D eigenvalue weighted by molar-refractivity contribution is 5.19. The highest BCUT2D eigenvalue weighted by Crippen LogP contribution is 2.72. The molecule has 0 radical (unpaired) electrons. The van der Waals surface area contributed by atoms with E-state index in [1.165, 1.54) is 6.42 Å². The predicted molar refractivity (Wildman–Crippen MR) is 33.7 cm³/mol. The molecule has 0 spiro atoms. The lowest BCUT2D eigenvalue weighted by molar-refractivity contribution is 0.124. The first kappa shape index (κ1) is 4.73. The van der Waals surface area contributed by atoms with Crippen molar-refractivity contribution in [2.75, 3.05) is 0 Å². The Balaban J connectivity index is 2.07. The molecule has 4 fully saturated rings. The Kier molecular flexibility index (Phi) is 0.563. The monoisotopic (exact) mass is 124 g/mol. The minimum atomic E-state index is 0.106. The normalized spacial score (nSPS) is 75.3. The lowest BCUT2D eigenvalue weighted by Crippen LogP contribution is -2.13. The Morgan fingerprint density at radius 3 is 2.11 bits per heavy atom. The molecule has 0 aromatic carbocycles. The van der Waals surface area contributed by atoms with E-state index >= 15 is 0 Å². The summed E-state index contributed by atoms with van der Waals surface area (Å²) in [6, 6.07) is 0. The predicted octanol–water partition coefficient (Wildman–Crippen LogP) is 0.879. The summed E-state index contributed by atoms with van der Waals surface area (Å²) in [6.07, 6.45) is 1.45. The van der Waals surface area contributed by atoms with E-state index in [0.29, 0.717) is 5.92 Å². The number of hydrogen-bond acceptors (Lipinski definition) is 1. The molecule has 4 rings (SSSR count). The van der Waals surface area contributed by atoms with Gasteiger partial charge in [-0.2, -0.15) is 0 Å². The second-order valence-corrected chi connectivity index (χ2v) is 4.07. The molecule has 4 aliphatic rings. The second kappa shape index (κ2) is 1.07. The molecule has 50 valence electrons. The van der Waals surface area contributed by atoms with E-state index in [2.05, 4.69) is 6.92 Å². The fourth-order valence-electron chi connectivity index (χ4n) is 3.51. The summed E-state index contributed by atoms with van der Waals surface area (Å²) < 4.78 is 0. The van der Waals surface area contributed by atoms with Gasteiger partial charge in [0, 0.05) is 0 Å². The van der Waals surface area contributed by atoms with Crippen molar-refractivity contribution in [3.63, 3.8) is 0 Å². The van der Waals surface area contributed by atoms with Gasteiger partial charge in [-0.1, -0.05) is 6.92 Å². The van der Waals surface area contributed by atoms with Crippen LogP contribution in [0.4, 0.5) is 0 Å². The molecule has 4 aliphatic carbocycles. The van der Waals surface area contributed by atoms with Gasteiger partial charge in [-0.25, -0.2) is 0 Å². The molecule has 0 aromatic rings. The highest BCUT2D eigenvalue weighted by Gasteiger charge is 2.71. The van der Waals surface area contributed by atoms with Crippen LogP contribution in [0.2, 0.25) is 0 Å². The number of rotatable bonds is 0. The van der Waals surface area contributed by atoms with Gasteiger partial charge in [0.05, 0.1) is 6.10 Å². The maximum absolute atomic E-state index is 9.52. The third kappa shape index (κ3) is 0.315.